The zero-order valence-corrected chi connectivity index (χ0v) is 5.92. The van der Waals surface area contributed by atoms with E-state index in [0.29, 0.717) is 0 Å². The van der Waals surface area contributed by atoms with Crippen LogP contribution in [0.4, 0.5) is 5.00 Å². The minimum atomic E-state index is 1.14. The molecule has 38 valence electrons. The molecule has 0 aliphatic carbocycles. The number of hydrogen-bond donors (Lipinski definition) is 1. The average molecular weight is 178 g/mol. The molecule has 1 nitrogen and oxygen atoms in total. The summed E-state index contributed by atoms with van der Waals surface area (Å²) >= 11 is 4.76. The molecule has 0 radical (unpaired) electrons. The van der Waals surface area contributed by atoms with E-state index in [4.69, 9.17) is 0 Å². The van der Waals surface area contributed by atoms with E-state index in [1.807, 2.05) is 17.5 Å². The predicted octanol–water partition coefficient (Wildman–Crippen LogP) is 2.47. The first-order chi connectivity index (χ1) is 3.43. The van der Waals surface area contributed by atoms with E-state index < -0.39 is 0 Å². The van der Waals surface area contributed by atoms with Crippen molar-refractivity contribution in [2.75, 3.05) is 4.34 Å². The van der Waals surface area contributed by atoms with Crippen molar-refractivity contribution in [3.8, 4) is 0 Å². The van der Waals surface area contributed by atoms with Gasteiger partial charge in [0.2, 0.25) is 0 Å². The van der Waals surface area contributed by atoms with Gasteiger partial charge in [-0.2, -0.15) is 0 Å². The van der Waals surface area contributed by atoms with Crippen molar-refractivity contribution in [1.82, 2.24) is 0 Å². The van der Waals surface area contributed by atoms with E-state index in [1.54, 1.807) is 11.3 Å². The Bertz CT molecular complexity index is 126. The van der Waals surface area contributed by atoms with E-state index in [0.717, 1.165) is 5.00 Å². The van der Waals surface area contributed by atoms with Crippen molar-refractivity contribution in [1.29, 1.82) is 0 Å². The largest absolute Gasteiger partial charge is 0.314 e. The molecule has 0 saturated heterocycles. The quantitative estimate of drug-likeness (QED) is 0.651. The minimum Gasteiger partial charge on any atom is -0.314 e. The molecule has 0 fully saturated rings. The van der Waals surface area contributed by atoms with E-state index in [-0.39, 0.29) is 0 Å². The van der Waals surface area contributed by atoms with E-state index >= 15 is 0 Å². The van der Waals surface area contributed by atoms with Crippen LogP contribution in [0.1, 0.15) is 0 Å². The molecule has 0 atom stereocenters. The van der Waals surface area contributed by atoms with Crippen molar-refractivity contribution in [3.05, 3.63) is 17.5 Å². The lowest BCUT2D eigenvalue weighted by Crippen LogP contribution is -1.65. The van der Waals surface area contributed by atoms with Gasteiger partial charge in [-0.25, -0.2) is 0 Å². The van der Waals surface area contributed by atoms with Crippen molar-refractivity contribution in [2.24, 2.45) is 0 Å². The first kappa shape index (κ1) is 5.12. The van der Waals surface area contributed by atoms with Gasteiger partial charge in [0, 0.05) is 16.1 Å². The maximum atomic E-state index is 3.10. The summed E-state index contributed by atoms with van der Waals surface area (Å²) in [4.78, 5) is 0. The van der Waals surface area contributed by atoms with Gasteiger partial charge in [-0.1, -0.05) is 0 Å². The number of anilines is 1. The SMILES string of the molecule is BrNc1cccs1. The maximum Gasteiger partial charge on any atom is 0.0981 e. The molecule has 0 amide bonds. The van der Waals surface area contributed by atoms with Crippen molar-refractivity contribution >= 4 is 32.5 Å². The third kappa shape index (κ3) is 1.17. The zero-order chi connectivity index (χ0) is 5.11. The summed E-state index contributed by atoms with van der Waals surface area (Å²) in [5.41, 5.74) is 0. The first-order valence-electron chi connectivity index (χ1n) is 1.83. The minimum absolute atomic E-state index is 1.14. The van der Waals surface area contributed by atoms with Crippen LogP contribution in [-0.4, -0.2) is 0 Å². The van der Waals surface area contributed by atoms with Crippen molar-refractivity contribution in [2.45, 2.75) is 0 Å². The molecule has 0 saturated carbocycles. The Morgan fingerprint density at radius 2 is 2.57 bits per heavy atom. The molecule has 0 spiro atoms. The molecule has 1 aromatic heterocycles. The Balaban J connectivity index is 2.76. The van der Waals surface area contributed by atoms with Crippen LogP contribution in [0.2, 0.25) is 0 Å². The van der Waals surface area contributed by atoms with Crippen LogP contribution in [0, 0.1) is 0 Å². The van der Waals surface area contributed by atoms with Crippen molar-refractivity contribution < 1.29 is 0 Å². The van der Waals surface area contributed by atoms with Gasteiger partial charge < -0.3 is 4.34 Å². The smallest absolute Gasteiger partial charge is 0.0981 e. The molecule has 1 aromatic rings. The fourth-order valence-corrected chi connectivity index (χ4v) is 1.25. The van der Waals surface area contributed by atoms with Gasteiger partial charge in [0.05, 0.1) is 5.00 Å². The lowest BCUT2D eigenvalue weighted by molar-refractivity contribution is 1.95. The van der Waals surface area contributed by atoms with E-state index in [2.05, 4.69) is 20.5 Å². The lowest BCUT2D eigenvalue weighted by atomic mass is 10.6. The average Bonchev–Trinajstić information content (AvgIpc) is 2.14. The third-order valence-electron chi connectivity index (χ3n) is 0.614. The monoisotopic (exact) mass is 177 g/mol. The highest BCUT2D eigenvalue weighted by molar-refractivity contribution is 9.10. The summed E-state index contributed by atoms with van der Waals surface area (Å²) in [5, 5.41) is 3.16. The molecule has 1 heterocycles. The fourth-order valence-electron chi connectivity index (χ4n) is 0.332. The second-order valence-electron chi connectivity index (χ2n) is 1.07. The summed E-state index contributed by atoms with van der Waals surface area (Å²) in [6.07, 6.45) is 0. The summed E-state index contributed by atoms with van der Waals surface area (Å²) < 4.78 is 2.84. The van der Waals surface area contributed by atoms with Crippen LogP contribution >= 0.6 is 27.5 Å². The van der Waals surface area contributed by atoms with Crippen LogP contribution in [-0.2, 0) is 0 Å². The molecular weight excluding hydrogens is 174 g/mol. The topological polar surface area (TPSA) is 12.0 Å². The normalized spacial score (nSPS) is 8.71. The van der Waals surface area contributed by atoms with E-state index in [1.165, 1.54) is 0 Å². The van der Waals surface area contributed by atoms with Gasteiger partial charge in [-0.15, -0.1) is 11.3 Å². The molecule has 0 aliphatic heterocycles. The zero-order valence-electron chi connectivity index (χ0n) is 3.52. The number of thiophene rings is 1. The summed E-state index contributed by atoms with van der Waals surface area (Å²) in [7, 11) is 0. The van der Waals surface area contributed by atoms with Gasteiger partial charge in [0.15, 0.2) is 0 Å². The summed E-state index contributed by atoms with van der Waals surface area (Å²) in [6, 6.07) is 3.99. The standard InChI is InChI=1S/C4H4BrNS/c5-6-4-2-1-3-7-4/h1-3,6H. The highest BCUT2D eigenvalue weighted by Crippen LogP contribution is 2.15. The highest BCUT2D eigenvalue weighted by Gasteiger charge is 1.82. The predicted molar refractivity (Wildman–Crippen MR) is 36.9 cm³/mol. The molecule has 0 aromatic carbocycles. The van der Waals surface area contributed by atoms with Crippen LogP contribution in [0.5, 0.6) is 0 Å². The molecule has 3 heteroatoms. The molecule has 1 N–H and O–H groups in total. The van der Waals surface area contributed by atoms with Gasteiger partial charge in [-0.05, 0) is 17.5 Å². The Hall–Kier alpha value is -0.0200. The number of rotatable bonds is 1. The highest BCUT2D eigenvalue weighted by atomic mass is 79.9. The Morgan fingerprint density at radius 3 is 2.86 bits per heavy atom. The first-order valence-corrected chi connectivity index (χ1v) is 3.51. The van der Waals surface area contributed by atoms with Gasteiger partial charge in [-0.3, -0.25) is 0 Å². The van der Waals surface area contributed by atoms with Crippen LogP contribution in [0.15, 0.2) is 17.5 Å². The molecule has 0 aliphatic rings. The number of hydrogen-bond acceptors (Lipinski definition) is 2. The Labute approximate surface area is 54.7 Å². The Morgan fingerprint density at radius 1 is 1.71 bits per heavy atom. The Kier molecular flexibility index (Phi) is 1.70. The number of nitrogens with one attached hydrogen (secondary N) is 1. The third-order valence-corrected chi connectivity index (χ3v) is 2.09. The van der Waals surface area contributed by atoms with Gasteiger partial charge in [0.25, 0.3) is 0 Å². The molecular formula is C4H4BrNS. The lowest BCUT2D eigenvalue weighted by Gasteiger charge is -1.82. The second-order valence-corrected chi connectivity index (χ2v) is 2.42. The second kappa shape index (κ2) is 2.33. The summed E-state index contributed by atoms with van der Waals surface area (Å²) in [6.45, 7) is 0. The van der Waals surface area contributed by atoms with Crippen molar-refractivity contribution in [3.63, 3.8) is 0 Å². The van der Waals surface area contributed by atoms with Gasteiger partial charge >= 0.3 is 0 Å². The number of halogens is 1. The molecule has 1 rings (SSSR count). The summed E-state index contributed by atoms with van der Waals surface area (Å²) in [5.74, 6) is 0. The van der Waals surface area contributed by atoms with Crippen LogP contribution < -0.4 is 4.34 Å². The van der Waals surface area contributed by atoms with E-state index in [9.17, 15) is 0 Å². The van der Waals surface area contributed by atoms with Crippen LogP contribution in [0.3, 0.4) is 0 Å². The van der Waals surface area contributed by atoms with Gasteiger partial charge in [0.1, 0.15) is 0 Å². The molecule has 7 heavy (non-hydrogen) atoms. The van der Waals surface area contributed by atoms with Crippen LogP contribution in [0.25, 0.3) is 0 Å². The molecule has 0 unspecified atom stereocenters. The molecule has 0 bridgehead atoms. The maximum absolute atomic E-state index is 3.10. The fraction of sp³-hybridized carbons (Fsp3) is 0.